The van der Waals surface area contributed by atoms with Crippen LogP contribution in [0, 0.1) is 28.6 Å². The summed E-state index contributed by atoms with van der Waals surface area (Å²) in [6.07, 6.45) is -0.556. The van der Waals surface area contributed by atoms with Gasteiger partial charge in [0.2, 0.25) is 0 Å². The Hall–Kier alpha value is -4.82. The lowest BCUT2D eigenvalue weighted by Crippen LogP contribution is -2.42. The van der Waals surface area contributed by atoms with E-state index in [0.29, 0.717) is 44.1 Å². The number of anilines is 1. The summed E-state index contributed by atoms with van der Waals surface area (Å²) in [5.41, 5.74) is 2.75. The van der Waals surface area contributed by atoms with Crippen LogP contribution in [-0.4, -0.2) is 58.5 Å². The number of thioether (sulfide) groups is 1. The van der Waals surface area contributed by atoms with Gasteiger partial charge in [-0.2, -0.15) is 10.5 Å². The van der Waals surface area contributed by atoms with Crippen molar-refractivity contribution in [3.63, 3.8) is 0 Å². The van der Waals surface area contributed by atoms with Gasteiger partial charge in [-0.1, -0.05) is 47.6 Å². The summed E-state index contributed by atoms with van der Waals surface area (Å²) in [5, 5.41) is 37.1. The van der Waals surface area contributed by atoms with Gasteiger partial charge in [-0.05, 0) is 63.9 Å². The van der Waals surface area contributed by atoms with E-state index in [-0.39, 0.29) is 12.1 Å². The number of rotatable bonds is 12. The predicted octanol–water partition coefficient (Wildman–Crippen LogP) is 7.76. The van der Waals surface area contributed by atoms with Crippen molar-refractivity contribution in [2.24, 2.45) is 5.92 Å². The third-order valence-corrected chi connectivity index (χ3v) is 9.94. The Morgan fingerprint density at radius 2 is 1.72 bits per heavy atom. The summed E-state index contributed by atoms with van der Waals surface area (Å²) in [5.74, 6) is -0.813. The summed E-state index contributed by atoms with van der Waals surface area (Å²) in [6, 6.07) is 18.9. The Kier molecular flexibility index (Phi) is 11.5. The Bertz CT molecular complexity index is 1940. The Morgan fingerprint density at radius 3 is 2.30 bits per heavy atom. The summed E-state index contributed by atoms with van der Waals surface area (Å²) in [4.78, 5) is 35.8. The molecule has 2 aromatic carbocycles. The number of carbonyl (C=O) groups is 2. The van der Waals surface area contributed by atoms with Gasteiger partial charge in [-0.25, -0.2) is 14.8 Å². The van der Waals surface area contributed by atoms with Gasteiger partial charge in [0.25, 0.3) is 0 Å². The number of carbonyl (C=O) groups excluding carboxylic acids is 1. The van der Waals surface area contributed by atoms with Gasteiger partial charge >= 0.3 is 12.1 Å². The quantitative estimate of drug-likeness (QED) is 0.137. The number of carboxylic acid groups (broad SMARTS) is 1. The lowest BCUT2D eigenvalue weighted by atomic mass is 9.96. The first kappa shape index (κ1) is 36.5. The number of alkyl carbamates (subject to hydrolysis) is 1. The van der Waals surface area contributed by atoms with E-state index in [1.54, 1.807) is 52.0 Å². The fourth-order valence-corrected chi connectivity index (χ4v) is 7.04. The van der Waals surface area contributed by atoms with Gasteiger partial charge < -0.3 is 24.8 Å². The normalized spacial score (nSPS) is 13.7. The van der Waals surface area contributed by atoms with Gasteiger partial charge in [0.15, 0.2) is 0 Å². The van der Waals surface area contributed by atoms with Crippen LogP contribution in [0.3, 0.4) is 0 Å². The molecule has 1 saturated heterocycles. The molecule has 0 spiro atoms. The molecule has 5 rings (SSSR count). The lowest BCUT2D eigenvalue weighted by molar-refractivity contribution is -0.144. The summed E-state index contributed by atoms with van der Waals surface area (Å²) in [7, 11) is 0. The first-order valence-corrected chi connectivity index (χ1v) is 18.0. The number of ether oxygens (including phenoxy) is 2. The molecule has 0 aliphatic carbocycles. The smallest absolute Gasteiger partial charge is 0.407 e. The lowest BCUT2D eigenvalue weighted by Gasteiger charge is -2.33. The van der Waals surface area contributed by atoms with Crippen molar-refractivity contribution in [2.45, 2.75) is 56.6 Å². The molecule has 0 bridgehead atoms. The zero-order valence-corrected chi connectivity index (χ0v) is 30.3. The van der Waals surface area contributed by atoms with Crippen LogP contribution in [0.1, 0.15) is 50.9 Å². The number of pyridine rings is 1. The molecule has 2 unspecified atom stereocenters. The van der Waals surface area contributed by atoms with Crippen molar-refractivity contribution in [1.82, 2.24) is 15.3 Å². The minimum absolute atomic E-state index is 0.194. The summed E-state index contributed by atoms with van der Waals surface area (Å²) >= 11 is 8.96. The number of aliphatic carboxylic acids is 1. The van der Waals surface area contributed by atoms with Gasteiger partial charge in [-0.3, -0.25) is 4.79 Å². The second-order valence-corrected chi connectivity index (χ2v) is 14.8. The van der Waals surface area contributed by atoms with E-state index in [2.05, 4.69) is 17.5 Å². The number of aromatic nitrogens is 2. The fraction of sp³-hybridized carbons (Fsp3) is 0.333. The molecular weight excluding hydrogens is 696 g/mol. The third-order valence-electron chi connectivity index (χ3n) is 7.74. The second kappa shape index (κ2) is 15.8. The zero-order chi connectivity index (χ0) is 36.0. The fourth-order valence-electron chi connectivity index (χ4n) is 5.11. The summed E-state index contributed by atoms with van der Waals surface area (Å²) < 4.78 is 11.2. The molecule has 2 atom stereocenters. The van der Waals surface area contributed by atoms with Gasteiger partial charge in [0.05, 0.1) is 11.3 Å². The van der Waals surface area contributed by atoms with Gasteiger partial charge in [0, 0.05) is 46.9 Å². The third kappa shape index (κ3) is 8.85. The zero-order valence-electron chi connectivity index (χ0n) is 27.9. The number of benzene rings is 2. The molecule has 1 aliphatic rings. The highest BCUT2D eigenvalue weighted by atomic mass is 35.5. The SMILES string of the molecule is CC(Oc1ccc(-c2c(C#N)c(SCc3csc(-c4ccc(Cl)cc4)n3)nc(N3CCC3)c2C#N)cc1)C(CNC(=O)OC(C)(C)C)C(=O)O. The molecule has 2 aromatic heterocycles. The highest BCUT2D eigenvalue weighted by Gasteiger charge is 2.30. The van der Waals surface area contributed by atoms with E-state index in [0.717, 1.165) is 35.8 Å². The Balaban J connectivity index is 1.38. The second-order valence-electron chi connectivity index (χ2n) is 12.5. The maximum Gasteiger partial charge on any atom is 0.407 e. The Morgan fingerprint density at radius 1 is 1.06 bits per heavy atom. The van der Waals surface area contributed by atoms with Crippen LogP contribution in [0.2, 0.25) is 5.02 Å². The Labute approximate surface area is 303 Å². The number of nitrogens with one attached hydrogen (secondary N) is 1. The van der Waals surface area contributed by atoms with Crippen LogP contribution in [-0.2, 0) is 15.3 Å². The highest BCUT2D eigenvalue weighted by molar-refractivity contribution is 7.98. The first-order chi connectivity index (χ1) is 23.9. The first-order valence-electron chi connectivity index (χ1n) is 15.8. The molecule has 14 heteroatoms. The minimum atomic E-state index is -1.14. The highest BCUT2D eigenvalue weighted by Crippen LogP contribution is 2.40. The maximum atomic E-state index is 12.1. The minimum Gasteiger partial charge on any atom is -0.490 e. The van der Waals surface area contributed by atoms with E-state index in [9.17, 15) is 25.2 Å². The molecule has 1 fully saturated rings. The number of hydrogen-bond donors (Lipinski definition) is 2. The van der Waals surface area contributed by atoms with Crippen LogP contribution in [0.5, 0.6) is 5.75 Å². The number of halogens is 1. The maximum absolute atomic E-state index is 12.1. The number of nitrogens with zero attached hydrogens (tertiary/aromatic N) is 5. The predicted molar refractivity (Wildman–Crippen MR) is 194 cm³/mol. The summed E-state index contributed by atoms with van der Waals surface area (Å²) in [6.45, 7) is 8.08. The largest absolute Gasteiger partial charge is 0.490 e. The van der Waals surface area contributed by atoms with Crippen molar-refractivity contribution in [3.05, 3.63) is 75.8 Å². The van der Waals surface area contributed by atoms with E-state index in [4.69, 9.17) is 31.0 Å². The van der Waals surface area contributed by atoms with Gasteiger partial charge in [-0.15, -0.1) is 11.3 Å². The van der Waals surface area contributed by atoms with Gasteiger partial charge in [0.1, 0.15) is 56.9 Å². The molecule has 3 heterocycles. The number of nitriles is 2. The van der Waals surface area contributed by atoms with Crippen molar-refractivity contribution < 1.29 is 24.2 Å². The molecule has 11 nitrogen and oxygen atoms in total. The van der Waals surface area contributed by atoms with Crippen molar-refractivity contribution in [2.75, 3.05) is 24.5 Å². The molecule has 50 heavy (non-hydrogen) atoms. The van der Waals surface area contributed by atoms with E-state index in [1.165, 1.54) is 23.1 Å². The average molecular weight is 731 g/mol. The monoisotopic (exact) mass is 730 g/mol. The van der Waals surface area contributed by atoms with Crippen LogP contribution < -0.4 is 15.0 Å². The van der Waals surface area contributed by atoms with Crippen molar-refractivity contribution in [3.8, 4) is 39.6 Å². The number of carboxylic acids is 1. The molecular formula is C36H35ClN6O5S2. The van der Waals surface area contributed by atoms with Crippen LogP contribution in [0.4, 0.5) is 10.6 Å². The van der Waals surface area contributed by atoms with Crippen LogP contribution in [0.25, 0.3) is 21.7 Å². The van der Waals surface area contributed by atoms with Crippen LogP contribution >= 0.6 is 34.7 Å². The van der Waals surface area contributed by atoms with E-state index < -0.39 is 29.7 Å². The molecule has 0 saturated carbocycles. The molecule has 1 amide bonds. The molecule has 0 radical (unpaired) electrons. The standard InChI is InChI=1S/C36H35ClN6O5S2/c1-21(29(34(44)45)18-40-35(46)48-36(2,3)4)47-26-12-8-22(9-13-26)30-27(16-38)31(43-14-5-15-43)42-33(28(30)17-39)50-20-25-19-49-32(41-25)23-6-10-24(37)11-7-23/h6-13,19,21,29H,5,14-15,18,20H2,1-4H3,(H,40,46)(H,44,45). The molecule has 4 aromatic rings. The molecule has 258 valence electrons. The molecule has 1 aliphatic heterocycles. The average Bonchev–Trinajstić information content (AvgIpc) is 3.51. The number of amides is 1. The van der Waals surface area contributed by atoms with Crippen molar-refractivity contribution in [1.29, 1.82) is 10.5 Å². The van der Waals surface area contributed by atoms with Crippen molar-refractivity contribution >= 4 is 52.6 Å². The number of thiazole rings is 1. The number of hydrogen-bond acceptors (Lipinski definition) is 11. The topological polar surface area (TPSA) is 161 Å². The van der Waals surface area contributed by atoms with E-state index in [1.807, 2.05) is 34.5 Å². The van der Waals surface area contributed by atoms with E-state index >= 15 is 0 Å². The van der Waals surface area contributed by atoms with Crippen LogP contribution in [0.15, 0.2) is 58.9 Å². The molecule has 2 N–H and O–H groups in total.